The molecule has 0 heterocycles. The van der Waals surface area contributed by atoms with Crippen LogP contribution in [0.1, 0.15) is 18.1 Å². The van der Waals surface area contributed by atoms with Crippen LogP contribution in [0.15, 0.2) is 47.5 Å². The Morgan fingerprint density at radius 2 is 1.57 bits per heavy atom. The van der Waals surface area contributed by atoms with Gasteiger partial charge in [0.15, 0.2) is 24.1 Å². The van der Waals surface area contributed by atoms with Gasteiger partial charge < -0.3 is 24.8 Å². The number of halogens is 3. The van der Waals surface area contributed by atoms with Gasteiger partial charge in [-0.05, 0) is 42.3 Å². The lowest BCUT2D eigenvalue weighted by Gasteiger charge is -2.14. The summed E-state index contributed by atoms with van der Waals surface area (Å²) < 4.78 is 52.1. The molecule has 6 nitrogen and oxygen atoms in total. The molecule has 164 valence electrons. The average molecular weight is 425 g/mol. The molecule has 0 aliphatic rings. The van der Waals surface area contributed by atoms with Gasteiger partial charge in [0.05, 0.1) is 13.7 Å². The van der Waals surface area contributed by atoms with E-state index >= 15 is 0 Å². The van der Waals surface area contributed by atoms with E-state index in [4.69, 9.17) is 14.2 Å². The summed E-state index contributed by atoms with van der Waals surface area (Å²) in [5, 5.41) is 6.36. The first-order valence-electron chi connectivity index (χ1n) is 9.37. The van der Waals surface area contributed by atoms with Crippen molar-refractivity contribution in [2.45, 2.75) is 26.2 Å². The fourth-order valence-corrected chi connectivity index (χ4v) is 2.56. The van der Waals surface area contributed by atoms with E-state index in [1.54, 1.807) is 26.3 Å². The summed E-state index contributed by atoms with van der Waals surface area (Å²) in [6, 6.07) is 12.1. The molecule has 9 heteroatoms. The SMILES string of the molecule is CCOc1cc(CNC(=NC)NCc2ccc(OCC(F)(F)F)cc2)ccc1OC. The Bertz CT molecular complexity index is 824. The molecule has 0 radical (unpaired) electrons. The average Bonchev–Trinajstić information content (AvgIpc) is 2.73. The molecule has 0 saturated carbocycles. The van der Waals surface area contributed by atoms with Crippen LogP contribution in [0.5, 0.6) is 17.2 Å². The van der Waals surface area contributed by atoms with E-state index in [1.807, 2.05) is 25.1 Å². The maximum Gasteiger partial charge on any atom is 0.422 e. The molecule has 0 aliphatic carbocycles. The maximum absolute atomic E-state index is 12.2. The van der Waals surface area contributed by atoms with E-state index in [9.17, 15) is 13.2 Å². The van der Waals surface area contributed by atoms with Crippen molar-refractivity contribution in [3.63, 3.8) is 0 Å². The van der Waals surface area contributed by atoms with Crippen molar-refractivity contribution in [1.82, 2.24) is 10.6 Å². The van der Waals surface area contributed by atoms with E-state index in [0.717, 1.165) is 11.1 Å². The Morgan fingerprint density at radius 1 is 0.933 bits per heavy atom. The van der Waals surface area contributed by atoms with Gasteiger partial charge in [-0.25, -0.2) is 0 Å². The lowest BCUT2D eigenvalue weighted by atomic mass is 10.2. The summed E-state index contributed by atoms with van der Waals surface area (Å²) in [5.41, 5.74) is 1.87. The molecule has 0 bridgehead atoms. The highest BCUT2D eigenvalue weighted by molar-refractivity contribution is 5.79. The van der Waals surface area contributed by atoms with Crippen LogP contribution in [0, 0.1) is 0 Å². The zero-order valence-electron chi connectivity index (χ0n) is 17.2. The minimum atomic E-state index is -4.36. The number of nitrogens with zero attached hydrogens (tertiary/aromatic N) is 1. The number of guanidine groups is 1. The summed E-state index contributed by atoms with van der Waals surface area (Å²) in [4.78, 5) is 4.17. The number of alkyl halides is 3. The number of hydrogen-bond donors (Lipinski definition) is 2. The van der Waals surface area contributed by atoms with Crippen LogP contribution in [-0.2, 0) is 13.1 Å². The predicted molar refractivity (Wildman–Crippen MR) is 109 cm³/mol. The first-order chi connectivity index (χ1) is 14.3. The topological polar surface area (TPSA) is 64.1 Å². The summed E-state index contributed by atoms with van der Waals surface area (Å²) in [7, 11) is 3.25. The number of rotatable bonds is 9. The molecule has 0 fully saturated rings. The van der Waals surface area contributed by atoms with Crippen LogP contribution in [-0.4, -0.2) is 39.5 Å². The van der Waals surface area contributed by atoms with Crippen LogP contribution in [0.4, 0.5) is 13.2 Å². The van der Waals surface area contributed by atoms with Gasteiger partial charge in [-0.1, -0.05) is 18.2 Å². The number of aliphatic imine (C=N–C) groups is 1. The zero-order chi connectivity index (χ0) is 22.0. The van der Waals surface area contributed by atoms with Crippen LogP contribution in [0.25, 0.3) is 0 Å². The summed E-state index contributed by atoms with van der Waals surface area (Å²) in [6.45, 7) is 2.11. The first kappa shape index (κ1) is 23.2. The molecule has 2 aromatic carbocycles. The first-order valence-corrected chi connectivity index (χ1v) is 9.37. The number of benzene rings is 2. The maximum atomic E-state index is 12.2. The van der Waals surface area contributed by atoms with Crippen LogP contribution < -0.4 is 24.8 Å². The minimum Gasteiger partial charge on any atom is -0.493 e. The largest absolute Gasteiger partial charge is 0.493 e. The molecule has 2 rings (SSSR count). The second-order valence-corrected chi connectivity index (χ2v) is 6.25. The summed E-state index contributed by atoms with van der Waals surface area (Å²) in [6.07, 6.45) is -4.36. The van der Waals surface area contributed by atoms with Crippen LogP contribution in [0.3, 0.4) is 0 Å². The molecule has 0 aromatic heterocycles. The van der Waals surface area contributed by atoms with Crippen LogP contribution in [0.2, 0.25) is 0 Å². The predicted octanol–water partition coefficient (Wildman–Crippen LogP) is 3.90. The molecule has 30 heavy (non-hydrogen) atoms. The van der Waals surface area contributed by atoms with E-state index in [2.05, 4.69) is 15.6 Å². The number of methoxy groups -OCH3 is 1. The third-order valence-corrected chi connectivity index (χ3v) is 4.00. The van der Waals surface area contributed by atoms with Gasteiger partial charge in [0, 0.05) is 20.1 Å². The Labute approximate surface area is 174 Å². The molecule has 2 aromatic rings. The molecule has 0 atom stereocenters. The van der Waals surface area contributed by atoms with Crippen molar-refractivity contribution in [1.29, 1.82) is 0 Å². The van der Waals surface area contributed by atoms with Crippen LogP contribution >= 0.6 is 0 Å². The second kappa shape index (κ2) is 11.2. The summed E-state index contributed by atoms with van der Waals surface area (Å²) in [5.74, 6) is 2.10. The van der Waals surface area contributed by atoms with Gasteiger partial charge in [0.25, 0.3) is 0 Å². The highest BCUT2D eigenvalue weighted by atomic mass is 19.4. The fraction of sp³-hybridized carbons (Fsp3) is 0.381. The van der Waals surface area contributed by atoms with Crippen molar-refractivity contribution in [2.24, 2.45) is 4.99 Å². The minimum absolute atomic E-state index is 0.170. The smallest absolute Gasteiger partial charge is 0.422 e. The third kappa shape index (κ3) is 7.73. The Morgan fingerprint density at radius 3 is 2.13 bits per heavy atom. The van der Waals surface area contributed by atoms with Gasteiger partial charge in [0.2, 0.25) is 0 Å². The Hall–Kier alpha value is -3.10. The molecular formula is C21H26F3N3O3. The number of ether oxygens (including phenoxy) is 3. The van der Waals surface area contributed by atoms with Crippen molar-refractivity contribution < 1.29 is 27.4 Å². The van der Waals surface area contributed by atoms with Gasteiger partial charge in [-0.15, -0.1) is 0 Å². The van der Waals surface area contributed by atoms with E-state index in [0.29, 0.717) is 37.2 Å². The molecule has 2 N–H and O–H groups in total. The Kier molecular flexibility index (Phi) is 8.64. The number of hydrogen-bond acceptors (Lipinski definition) is 4. The van der Waals surface area contributed by atoms with Gasteiger partial charge in [-0.2, -0.15) is 13.2 Å². The molecule has 0 spiro atoms. The quantitative estimate of drug-likeness (QED) is 0.471. The monoisotopic (exact) mass is 425 g/mol. The number of nitrogens with one attached hydrogen (secondary N) is 2. The third-order valence-electron chi connectivity index (χ3n) is 4.00. The van der Waals surface area contributed by atoms with Gasteiger partial charge >= 0.3 is 6.18 Å². The van der Waals surface area contributed by atoms with Crippen molar-refractivity contribution in [3.8, 4) is 17.2 Å². The fourth-order valence-electron chi connectivity index (χ4n) is 2.56. The van der Waals surface area contributed by atoms with E-state index < -0.39 is 12.8 Å². The van der Waals surface area contributed by atoms with Gasteiger partial charge in [0.1, 0.15) is 5.75 Å². The Balaban J connectivity index is 1.86. The van der Waals surface area contributed by atoms with E-state index in [1.165, 1.54) is 12.1 Å². The summed E-state index contributed by atoms with van der Waals surface area (Å²) >= 11 is 0. The molecular weight excluding hydrogens is 399 g/mol. The molecule has 0 unspecified atom stereocenters. The van der Waals surface area contributed by atoms with Gasteiger partial charge in [-0.3, -0.25) is 4.99 Å². The molecule has 0 saturated heterocycles. The lowest BCUT2D eigenvalue weighted by Crippen LogP contribution is -2.36. The van der Waals surface area contributed by atoms with Crippen molar-refractivity contribution in [2.75, 3.05) is 27.4 Å². The second-order valence-electron chi connectivity index (χ2n) is 6.25. The normalized spacial score (nSPS) is 11.7. The molecule has 0 aliphatic heterocycles. The highest BCUT2D eigenvalue weighted by Gasteiger charge is 2.28. The lowest BCUT2D eigenvalue weighted by molar-refractivity contribution is -0.153. The standard InChI is InChI=1S/C21H26F3N3O3/c1-4-29-19-11-16(7-10-18(19)28-3)13-27-20(25-2)26-12-15-5-8-17(9-6-15)30-14-21(22,23)24/h5-11H,4,12-14H2,1-3H3,(H2,25,26,27). The van der Waals surface area contributed by atoms with Crippen molar-refractivity contribution in [3.05, 3.63) is 53.6 Å². The van der Waals surface area contributed by atoms with Crippen molar-refractivity contribution >= 4 is 5.96 Å². The highest BCUT2D eigenvalue weighted by Crippen LogP contribution is 2.28. The zero-order valence-corrected chi connectivity index (χ0v) is 17.2. The van der Waals surface area contributed by atoms with E-state index in [-0.39, 0.29) is 5.75 Å². The molecule has 0 amide bonds.